The first-order chi connectivity index (χ1) is 9.69. The Balaban J connectivity index is 1.68. The molecule has 0 saturated heterocycles. The second kappa shape index (κ2) is 7.44. The summed E-state index contributed by atoms with van der Waals surface area (Å²) in [6.45, 7) is 2.87. The van der Waals surface area contributed by atoms with E-state index in [4.69, 9.17) is 5.73 Å². The van der Waals surface area contributed by atoms with Gasteiger partial charge in [0.05, 0.1) is 0 Å². The van der Waals surface area contributed by atoms with Crippen LogP contribution in [-0.4, -0.2) is 18.5 Å². The molecule has 0 spiro atoms. The number of aryl methyl sites for hydroxylation is 1. The fourth-order valence-corrected chi connectivity index (χ4v) is 2.92. The molecular weight excluding hydrogens is 248 g/mol. The summed E-state index contributed by atoms with van der Waals surface area (Å²) in [5.74, 6) is 0.538. The first kappa shape index (κ1) is 15.0. The lowest BCUT2D eigenvalue weighted by Crippen LogP contribution is -2.32. The summed E-state index contributed by atoms with van der Waals surface area (Å²) in [5, 5.41) is 3.01. The lowest BCUT2D eigenvalue weighted by atomic mass is 10.00. The van der Waals surface area contributed by atoms with E-state index in [2.05, 4.69) is 36.5 Å². The Morgan fingerprint density at radius 2 is 1.95 bits per heavy atom. The smallest absolute Gasteiger partial charge is 0.220 e. The number of rotatable bonds is 6. The average molecular weight is 274 g/mol. The van der Waals surface area contributed by atoms with E-state index in [0.717, 1.165) is 25.7 Å². The topological polar surface area (TPSA) is 55.1 Å². The first-order valence-electron chi connectivity index (χ1n) is 7.79. The van der Waals surface area contributed by atoms with Crippen LogP contribution < -0.4 is 11.1 Å². The lowest BCUT2D eigenvalue weighted by Gasteiger charge is -2.14. The number of carbonyl (C=O) groups excluding carboxylic acids is 1. The predicted molar refractivity (Wildman–Crippen MR) is 82.5 cm³/mol. The van der Waals surface area contributed by atoms with Gasteiger partial charge >= 0.3 is 0 Å². The maximum absolute atomic E-state index is 11.9. The second-order valence-electron chi connectivity index (χ2n) is 5.83. The highest BCUT2D eigenvalue weighted by Crippen LogP contribution is 2.26. The zero-order valence-corrected chi connectivity index (χ0v) is 12.4. The van der Waals surface area contributed by atoms with Gasteiger partial charge < -0.3 is 11.1 Å². The number of nitrogens with one attached hydrogen (secondary N) is 1. The number of nitrogens with two attached hydrogens (primary N) is 1. The van der Waals surface area contributed by atoms with E-state index in [0.29, 0.717) is 18.9 Å². The van der Waals surface area contributed by atoms with E-state index in [1.807, 2.05) is 0 Å². The molecular formula is C17H26N2O. The number of benzene rings is 1. The van der Waals surface area contributed by atoms with Gasteiger partial charge in [0.15, 0.2) is 0 Å². The Labute approximate surface area is 121 Å². The van der Waals surface area contributed by atoms with Crippen molar-refractivity contribution in [1.29, 1.82) is 0 Å². The van der Waals surface area contributed by atoms with Crippen LogP contribution in [-0.2, 0) is 17.6 Å². The van der Waals surface area contributed by atoms with Gasteiger partial charge in [0.2, 0.25) is 5.91 Å². The Bertz CT molecular complexity index is 427. The Hall–Kier alpha value is -1.35. The quantitative estimate of drug-likeness (QED) is 0.837. The molecule has 2 rings (SSSR count). The summed E-state index contributed by atoms with van der Waals surface area (Å²) >= 11 is 0. The zero-order valence-electron chi connectivity index (χ0n) is 12.4. The highest BCUT2D eigenvalue weighted by atomic mass is 16.1. The third kappa shape index (κ3) is 4.34. The van der Waals surface area contributed by atoms with Crippen LogP contribution in [0.1, 0.15) is 43.7 Å². The van der Waals surface area contributed by atoms with Gasteiger partial charge in [-0.25, -0.2) is 0 Å². The largest absolute Gasteiger partial charge is 0.356 e. The molecule has 1 aliphatic carbocycles. The molecule has 0 aliphatic heterocycles. The molecule has 1 fully saturated rings. The van der Waals surface area contributed by atoms with Gasteiger partial charge in [-0.05, 0) is 42.7 Å². The molecule has 0 aromatic heterocycles. The van der Waals surface area contributed by atoms with Gasteiger partial charge in [0, 0.05) is 19.0 Å². The van der Waals surface area contributed by atoms with Crippen molar-refractivity contribution in [3.63, 3.8) is 0 Å². The molecule has 3 N–H and O–H groups in total. The van der Waals surface area contributed by atoms with E-state index >= 15 is 0 Å². The summed E-state index contributed by atoms with van der Waals surface area (Å²) in [6.07, 6.45) is 5.90. The zero-order chi connectivity index (χ0) is 14.4. The van der Waals surface area contributed by atoms with E-state index < -0.39 is 0 Å². The minimum absolute atomic E-state index is 0.150. The van der Waals surface area contributed by atoms with Crippen molar-refractivity contribution < 1.29 is 4.79 Å². The van der Waals surface area contributed by atoms with E-state index in [-0.39, 0.29) is 11.9 Å². The summed E-state index contributed by atoms with van der Waals surface area (Å²) in [5.41, 5.74) is 8.63. The molecule has 0 heterocycles. The summed E-state index contributed by atoms with van der Waals surface area (Å²) in [7, 11) is 0. The van der Waals surface area contributed by atoms with Crippen molar-refractivity contribution in [2.24, 2.45) is 11.7 Å². The molecule has 3 nitrogen and oxygen atoms in total. The van der Waals surface area contributed by atoms with Gasteiger partial charge in [-0.2, -0.15) is 0 Å². The first-order valence-corrected chi connectivity index (χ1v) is 7.79. The molecule has 0 bridgehead atoms. The van der Waals surface area contributed by atoms with Crippen molar-refractivity contribution in [2.45, 2.75) is 51.5 Å². The fraction of sp³-hybridized carbons (Fsp3) is 0.588. The Morgan fingerprint density at radius 3 is 2.55 bits per heavy atom. The highest BCUT2D eigenvalue weighted by molar-refractivity contribution is 5.76. The maximum Gasteiger partial charge on any atom is 0.220 e. The van der Waals surface area contributed by atoms with Crippen LogP contribution in [0.5, 0.6) is 0 Å². The fourth-order valence-electron chi connectivity index (χ4n) is 2.92. The molecule has 110 valence electrons. The van der Waals surface area contributed by atoms with Crippen LogP contribution in [0.2, 0.25) is 0 Å². The standard InChI is InChI=1S/C17H26N2O/c1-2-13-6-8-14(9-7-13)10-11-19-17(20)12-15-4-3-5-16(15)18/h6-9,15-16H,2-5,10-12,18H2,1H3,(H,19,20)/t15-,16+/m0/s1. The van der Waals surface area contributed by atoms with Gasteiger partial charge in [0.25, 0.3) is 0 Å². The number of hydrogen-bond acceptors (Lipinski definition) is 2. The Kier molecular flexibility index (Phi) is 5.60. The molecule has 0 radical (unpaired) electrons. The third-order valence-corrected chi connectivity index (χ3v) is 4.33. The van der Waals surface area contributed by atoms with E-state index in [1.54, 1.807) is 0 Å². The number of hydrogen-bond donors (Lipinski definition) is 2. The van der Waals surface area contributed by atoms with Crippen LogP contribution in [0, 0.1) is 5.92 Å². The van der Waals surface area contributed by atoms with Gasteiger partial charge in [-0.1, -0.05) is 37.6 Å². The minimum Gasteiger partial charge on any atom is -0.356 e. The molecule has 1 saturated carbocycles. The molecule has 20 heavy (non-hydrogen) atoms. The molecule has 1 aromatic rings. The summed E-state index contributed by atoms with van der Waals surface area (Å²) in [4.78, 5) is 11.9. The molecule has 0 unspecified atom stereocenters. The van der Waals surface area contributed by atoms with E-state index in [9.17, 15) is 4.79 Å². The maximum atomic E-state index is 11.9. The monoisotopic (exact) mass is 274 g/mol. The van der Waals surface area contributed by atoms with Crippen LogP contribution in [0.15, 0.2) is 24.3 Å². The van der Waals surface area contributed by atoms with Crippen molar-refractivity contribution in [3.05, 3.63) is 35.4 Å². The van der Waals surface area contributed by atoms with Crippen LogP contribution >= 0.6 is 0 Å². The number of carbonyl (C=O) groups is 1. The van der Waals surface area contributed by atoms with Gasteiger partial charge in [-0.15, -0.1) is 0 Å². The summed E-state index contributed by atoms with van der Waals surface area (Å²) < 4.78 is 0. The van der Waals surface area contributed by atoms with Crippen LogP contribution in [0.3, 0.4) is 0 Å². The molecule has 1 aliphatic rings. The number of amides is 1. The highest BCUT2D eigenvalue weighted by Gasteiger charge is 2.25. The van der Waals surface area contributed by atoms with E-state index in [1.165, 1.54) is 17.5 Å². The van der Waals surface area contributed by atoms with Crippen LogP contribution in [0.25, 0.3) is 0 Å². The van der Waals surface area contributed by atoms with Crippen molar-refractivity contribution >= 4 is 5.91 Å². The average Bonchev–Trinajstić information content (AvgIpc) is 2.85. The Morgan fingerprint density at radius 1 is 1.25 bits per heavy atom. The normalized spacial score (nSPS) is 21.9. The lowest BCUT2D eigenvalue weighted by molar-refractivity contribution is -0.122. The molecule has 3 heteroatoms. The predicted octanol–water partition coefficient (Wildman–Crippen LogP) is 2.43. The SMILES string of the molecule is CCc1ccc(CCNC(=O)C[C@@H]2CCC[C@H]2N)cc1. The third-order valence-electron chi connectivity index (χ3n) is 4.33. The van der Waals surface area contributed by atoms with Crippen LogP contribution in [0.4, 0.5) is 0 Å². The second-order valence-corrected chi connectivity index (χ2v) is 5.83. The van der Waals surface area contributed by atoms with Crippen molar-refractivity contribution in [2.75, 3.05) is 6.54 Å². The van der Waals surface area contributed by atoms with Gasteiger partial charge in [-0.3, -0.25) is 4.79 Å². The molecule has 1 aromatic carbocycles. The minimum atomic E-state index is 0.150. The molecule has 2 atom stereocenters. The van der Waals surface area contributed by atoms with Crippen molar-refractivity contribution in [3.8, 4) is 0 Å². The molecule has 1 amide bonds. The van der Waals surface area contributed by atoms with Crippen molar-refractivity contribution in [1.82, 2.24) is 5.32 Å². The van der Waals surface area contributed by atoms with Gasteiger partial charge in [0.1, 0.15) is 0 Å². The summed E-state index contributed by atoms with van der Waals surface area (Å²) in [6, 6.07) is 8.85.